The maximum Gasteiger partial charge on any atom is 0.407 e. The molecule has 2 N–H and O–H groups in total. The fourth-order valence-corrected chi connectivity index (χ4v) is 4.08. The molecule has 3 rings (SSSR count). The molecule has 1 amide bonds. The molecule has 28 heavy (non-hydrogen) atoms. The van der Waals surface area contributed by atoms with E-state index in [2.05, 4.69) is 24.2 Å². The Morgan fingerprint density at radius 1 is 1.14 bits per heavy atom. The maximum atomic E-state index is 12.4. The molecule has 0 saturated heterocycles. The molecule has 0 aromatic heterocycles. The normalized spacial score (nSPS) is 17.5. The average Bonchev–Trinajstić information content (AvgIpc) is 3.07. The zero-order valence-corrected chi connectivity index (χ0v) is 17.0. The standard InChI is InChI=1S/C22H26N2O3S/c1-22(2)15-23-20(28-22)19(25)18(13-16-9-5-3-6-10-16)24-21(26)27-14-17-11-7-4-8-12-17/h3-12,18-19,25H,13-15H2,1-2H3,(H,24,26)/t18-,19?/m0/s1. The van der Waals surface area contributed by atoms with Crippen molar-refractivity contribution in [2.45, 2.75) is 43.8 Å². The Bertz CT molecular complexity index is 809. The molecule has 2 aromatic carbocycles. The SMILES string of the molecule is CC1(C)CN=C(C(O)[C@H](Cc2ccccc2)NC(=O)OCc2ccccc2)S1. The smallest absolute Gasteiger partial charge is 0.407 e. The highest BCUT2D eigenvalue weighted by atomic mass is 32.2. The highest BCUT2D eigenvalue weighted by molar-refractivity contribution is 8.15. The molecule has 2 aromatic rings. The number of thioether (sulfide) groups is 1. The number of carbonyl (C=O) groups is 1. The van der Waals surface area contributed by atoms with Crippen LogP contribution in [0.4, 0.5) is 4.79 Å². The number of aliphatic hydroxyl groups is 1. The van der Waals surface area contributed by atoms with E-state index in [0.29, 0.717) is 18.0 Å². The van der Waals surface area contributed by atoms with Crippen molar-refractivity contribution in [3.8, 4) is 0 Å². The lowest BCUT2D eigenvalue weighted by Crippen LogP contribution is -2.47. The number of nitrogens with one attached hydrogen (secondary N) is 1. The van der Waals surface area contributed by atoms with Gasteiger partial charge in [-0.05, 0) is 31.4 Å². The van der Waals surface area contributed by atoms with Crippen LogP contribution in [0.3, 0.4) is 0 Å². The van der Waals surface area contributed by atoms with Crippen molar-refractivity contribution in [1.82, 2.24) is 5.32 Å². The number of alkyl carbamates (subject to hydrolysis) is 1. The summed E-state index contributed by atoms with van der Waals surface area (Å²) in [6.07, 6.45) is -0.939. The quantitative estimate of drug-likeness (QED) is 0.744. The molecule has 148 valence electrons. The summed E-state index contributed by atoms with van der Waals surface area (Å²) in [4.78, 5) is 16.9. The number of benzene rings is 2. The second-order valence-electron chi connectivity index (χ2n) is 7.46. The van der Waals surface area contributed by atoms with Gasteiger partial charge >= 0.3 is 6.09 Å². The van der Waals surface area contributed by atoms with Crippen molar-refractivity contribution in [2.24, 2.45) is 4.99 Å². The molecule has 0 radical (unpaired) electrons. The summed E-state index contributed by atoms with van der Waals surface area (Å²) in [6.45, 7) is 5.02. The van der Waals surface area contributed by atoms with E-state index in [0.717, 1.165) is 11.1 Å². The minimum atomic E-state index is -0.878. The summed E-state index contributed by atoms with van der Waals surface area (Å²) in [5.74, 6) is 0. The third-order valence-electron chi connectivity index (χ3n) is 4.45. The van der Waals surface area contributed by atoms with Crippen LogP contribution in [0, 0.1) is 0 Å². The zero-order valence-electron chi connectivity index (χ0n) is 16.2. The van der Waals surface area contributed by atoms with Gasteiger partial charge in [0, 0.05) is 4.75 Å². The van der Waals surface area contributed by atoms with Gasteiger partial charge < -0.3 is 15.2 Å². The summed E-state index contributed by atoms with van der Waals surface area (Å²) in [7, 11) is 0. The fourth-order valence-electron chi connectivity index (χ4n) is 2.97. The lowest BCUT2D eigenvalue weighted by molar-refractivity contribution is 0.122. The van der Waals surface area contributed by atoms with Gasteiger partial charge in [-0.3, -0.25) is 4.99 Å². The number of aliphatic hydroxyl groups excluding tert-OH is 1. The van der Waals surface area contributed by atoms with Gasteiger partial charge in [-0.25, -0.2) is 4.79 Å². The summed E-state index contributed by atoms with van der Waals surface area (Å²) in [6, 6.07) is 18.8. The van der Waals surface area contributed by atoms with E-state index in [1.165, 1.54) is 0 Å². The van der Waals surface area contributed by atoms with Gasteiger partial charge in [-0.1, -0.05) is 60.7 Å². The molecule has 1 aliphatic heterocycles. The first kappa shape index (κ1) is 20.4. The Hall–Kier alpha value is -2.31. The van der Waals surface area contributed by atoms with Crippen LogP contribution in [0.1, 0.15) is 25.0 Å². The van der Waals surface area contributed by atoms with E-state index in [1.807, 2.05) is 60.7 Å². The van der Waals surface area contributed by atoms with Crippen LogP contribution in [0.15, 0.2) is 65.7 Å². The lowest BCUT2D eigenvalue weighted by atomic mass is 10.0. The Kier molecular flexibility index (Phi) is 6.75. The van der Waals surface area contributed by atoms with Gasteiger partial charge in [0.1, 0.15) is 12.7 Å². The second kappa shape index (κ2) is 9.26. The first-order valence-corrected chi connectivity index (χ1v) is 10.2. The van der Waals surface area contributed by atoms with Gasteiger partial charge in [0.25, 0.3) is 0 Å². The molecular weight excluding hydrogens is 372 g/mol. The molecule has 0 fully saturated rings. The number of nitrogens with zero attached hydrogens (tertiary/aromatic N) is 1. The minimum absolute atomic E-state index is 0.0402. The Balaban J connectivity index is 1.66. The first-order valence-electron chi connectivity index (χ1n) is 9.35. The molecule has 0 saturated carbocycles. The lowest BCUT2D eigenvalue weighted by Gasteiger charge is -2.25. The van der Waals surface area contributed by atoms with Crippen LogP contribution in [-0.4, -0.2) is 39.7 Å². The Morgan fingerprint density at radius 3 is 2.32 bits per heavy atom. The van der Waals surface area contributed by atoms with Gasteiger partial charge in [0.05, 0.1) is 17.6 Å². The fraction of sp³-hybridized carbons (Fsp3) is 0.364. The summed E-state index contributed by atoms with van der Waals surface area (Å²) in [5.41, 5.74) is 1.94. The van der Waals surface area contributed by atoms with Crippen LogP contribution >= 0.6 is 11.8 Å². The number of hydrogen-bond acceptors (Lipinski definition) is 5. The molecule has 0 bridgehead atoms. The van der Waals surface area contributed by atoms with Gasteiger partial charge in [-0.15, -0.1) is 11.8 Å². The summed E-state index contributed by atoms with van der Waals surface area (Å²) >= 11 is 1.56. The molecule has 0 spiro atoms. The highest BCUT2D eigenvalue weighted by Crippen LogP contribution is 2.34. The Morgan fingerprint density at radius 2 is 1.75 bits per heavy atom. The summed E-state index contributed by atoms with van der Waals surface area (Å²) in [5, 5.41) is 14.4. The zero-order chi connectivity index (χ0) is 20.0. The maximum absolute atomic E-state index is 12.4. The molecule has 1 heterocycles. The van der Waals surface area contributed by atoms with Gasteiger partial charge in [0.15, 0.2) is 0 Å². The monoisotopic (exact) mass is 398 g/mol. The number of rotatable bonds is 7. The van der Waals surface area contributed by atoms with Crippen LogP contribution in [0.25, 0.3) is 0 Å². The molecular formula is C22H26N2O3S. The van der Waals surface area contributed by atoms with E-state index in [-0.39, 0.29) is 11.4 Å². The van der Waals surface area contributed by atoms with Crippen LogP contribution in [0.2, 0.25) is 0 Å². The van der Waals surface area contributed by atoms with E-state index >= 15 is 0 Å². The largest absolute Gasteiger partial charge is 0.445 e. The first-order chi connectivity index (χ1) is 13.4. The van der Waals surface area contributed by atoms with Crippen LogP contribution < -0.4 is 5.32 Å². The van der Waals surface area contributed by atoms with Crippen molar-refractivity contribution < 1.29 is 14.6 Å². The number of ether oxygens (including phenoxy) is 1. The third-order valence-corrected chi connectivity index (χ3v) is 5.71. The molecule has 6 heteroatoms. The molecule has 2 atom stereocenters. The van der Waals surface area contributed by atoms with Crippen LogP contribution in [0.5, 0.6) is 0 Å². The average molecular weight is 399 g/mol. The van der Waals surface area contributed by atoms with Crippen molar-refractivity contribution in [1.29, 1.82) is 0 Å². The number of amides is 1. The molecule has 5 nitrogen and oxygen atoms in total. The van der Waals surface area contributed by atoms with Crippen molar-refractivity contribution >= 4 is 22.9 Å². The molecule has 0 aliphatic carbocycles. The van der Waals surface area contributed by atoms with Crippen molar-refractivity contribution in [3.05, 3.63) is 71.8 Å². The number of hydrogen-bond donors (Lipinski definition) is 2. The Labute approximate surface area is 170 Å². The number of aliphatic imine (C=N–C) groups is 1. The van der Waals surface area contributed by atoms with Gasteiger partial charge in [-0.2, -0.15) is 0 Å². The van der Waals surface area contributed by atoms with Crippen molar-refractivity contribution in [2.75, 3.05) is 6.54 Å². The third kappa shape index (κ3) is 5.84. The summed E-state index contributed by atoms with van der Waals surface area (Å²) < 4.78 is 5.30. The van der Waals surface area contributed by atoms with Gasteiger partial charge in [0.2, 0.25) is 0 Å². The number of carbonyl (C=O) groups excluding carboxylic acids is 1. The van der Waals surface area contributed by atoms with E-state index in [9.17, 15) is 9.90 Å². The predicted octanol–water partition coefficient (Wildman–Crippen LogP) is 3.81. The van der Waals surface area contributed by atoms with E-state index < -0.39 is 18.2 Å². The topological polar surface area (TPSA) is 70.9 Å². The second-order valence-corrected chi connectivity index (χ2v) is 9.19. The van der Waals surface area contributed by atoms with Crippen LogP contribution in [-0.2, 0) is 17.8 Å². The van der Waals surface area contributed by atoms with E-state index in [1.54, 1.807) is 11.8 Å². The molecule has 1 unspecified atom stereocenters. The highest BCUT2D eigenvalue weighted by Gasteiger charge is 2.35. The predicted molar refractivity (Wildman–Crippen MR) is 114 cm³/mol. The molecule has 1 aliphatic rings. The minimum Gasteiger partial charge on any atom is -0.445 e. The van der Waals surface area contributed by atoms with E-state index in [4.69, 9.17) is 4.74 Å². The van der Waals surface area contributed by atoms with Crippen molar-refractivity contribution in [3.63, 3.8) is 0 Å².